The van der Waals surface area contributed by atoms with E-state index in [1.165, 1.54) is 0 Å². The molecule has 0 aliphatic carbocycles. The number of hydrogen-bond acceptors (Lipinski definition) is 5. The number of aliphatic hydroxyl groups is 1. The minimum Gasteiger partial charge on any atom is -0.778 e. The van der Waals surface area contributed by atoms with Crippen LogP contribution in [-0.4, -0.2) is 17.9 Å². The third kappa shape index (κ3) is 5.81. The van der Waals surface area contributed by atoms with E-state index < -0.39 is 19.9 Å². The van der Waals surface area contributed by atoms with Gasteiger partial charge in [-0.2, -0.15) is 0 Å². The first-order valence-corrected chi connectivity index (χ1v) is 9.12. The molecule has 2 aromatic rings. The molecule has 0 aliphatic rings. The first-order valence-electron chi connectivity index (χ1n) is 7.39. The topological polar surface area (TPSA) is 78.8 Å². The third-order valence-corrected chi connectivity index (χ3v) is 4.66. The lowest BCUT2D eigenvalue weighted by Gasteiger charge is -2.25. The maximum atomic E-state index is 11.6. The molecule has 0 spiro atoms. The van der Waals surface area contributed by atoms with Gasteiger partial charge in [-0.1, -0.05) is 42.5 Å². The van der Waals surface area contributed by atoms with Crippen LogP contribution < -0.4 is 9.63 Å². The molecule has 2 aromatic carbocycles. The molecule has 23 heavy (non-hydrogen) atoms. The van der Waals surface area contributed by atoms with Gasteiger partial charge >= 0.3 is 0 Å². The van der Waals surface area contributed by atoms with E-state index >= 15 is 0 Å². The fourth-order valence-corrected chi connectivity index (χ4v) is 3.25. The van der Waals surface area contributed by atoms with Crippen LogP contribution in [-0.2, 0) is 15.7 Å². The standard InChI is InChI=1S/C17H21O5P/c1-2-22-23(19,20)13-17(18)15-9-6-10-16(11-15)21-12-14-7-4-3-5-8-14/h3-11,17-18H,2,12-13H2,1H3,(H,19,20)/p-1/t17-/m1/s1. The van der Waals surface area contributed by atoms with Gasteiger partial charge in [0.1, 0.15) is 20.0 Å². The van der Waals surface area contributed by atoms with Gasteiger partial charge < -0.3 is 23.8 Å². The Morgan fingerprint density at radius 2 is 1.91 bits per heavy atom. The van der Waals surface area contributed by atoms with E-state index in [0.29, 0.717) is 17.9 Å². The van der Waals surface area contributed by atoms with Crippen molar-refractivity contribution in [3.63, 3.8) is 0 Å². The molecule has 1 N–H and O–H groups in total. The second-order valence-corrected chi connectivity index (χ2v) is 6.92. The lowest BCUT2D eigenvalue weighted by Crippen LogP contribution is -2.14. The van der Waals surface area contributed by atoms with E-state index in [1.807, 2.05) is 30.3 Å². The van der Waals surface area contributed by atoms with E-state index in [9.17, 15) is 14.6 Å². The van der Waals surface area contributed by atoms with Crippen molar-refractivity contribution in [2.75, 3.05) is 12.8 Å². The summed E-state index contributed by atoms with van der Waals surface area (Å²) in [4.78, 5) is 11.6. The van der Waals surface area contributed by atoms with E-state index in [2.05, 4.69) is 4.52 Å². The molecule has 124 valence electrons. The fraction of sp³-hybridized carbons (Fsp3) is 0.294. The molecule has 2 atom stereocenters. The Bertz CT molecular complexity index is 659. The Balaban J connectivity index is 2.00. The quantitative estimate of drug-likeness (QED) is 0.751. The second-order valence-electron chi connectivity index (χ2n) is 5.07. The van der Waals surface area contributed by atoms with E-state index in [1.54, 1.807) is 31.2 Å². The molecule has 0 heterocycles. The Morgan fingerprint density at radius 3 is 2.61 bits per heavy atom. The van der Waals surface area contributed by atoms with Crippen molar-refractivity contribution in [2.45, 2.75) is 19.6 Å². The van der Waals surface area contributed by atoms with Crippen molar-refractivity contribution in [3.8, 4) is 5.75 Å². The highest BCUT2D eigenvalue weighted by Crippen LogP contribution is 2.41. The summed E-state index contributed by atoms with van der Waals surface area (Å²) in [7, 11) is -4.03. The predicted octanol–water partition coefficient (Wildman–Crippen LogP) is 2.89. The van der Waals surface area contributed by atoms with Crippen molar-refractivity contribution in [1.29, 1.82) is 0 Å². The van der Waals surface area contributed by atoms with Gasteiger partial charge in [-0.25, -0.2) is 0 Å². The van der Waals surface area contributed by atoms with Gasteiger partial charge in [0, 0.05) is 6.16 Å². The highest BCUT2D eigenvalue weighted by atomic mass is 31.2. The third-order valence-electron chi connectivity index (χ3n) is 3.21. The van der Waals surface area contributed by atoms with Gasteiger partial charge in [0.05, 0.1) is 12.7 Å². The Kier molecular flexibility index (Phi) is 6.37. The minimum atomic E-state index is -4.03. The van der Waals surface area contributed by atoms with Gasteiger partial charge in [0.2, 0.25) is 0 Å². The summed E-state index contributed by atoms with van der Waals surface area (Å²) in [6.07, 6.45) is -1.60. The largest absolute Gasteiger partial charge is 0.778 e. The Labute approximate surface area is 136 Å². The molecule has 0 saturated heterocycles. The maximum Gasteiger partial charge on any atom is 0.137 e. The first-order chi connectivity index (χ1) is 11.0. The summed E-state index contributed by atoms with van der Waals surface area (Å²) in [5.74, 6) is 0.572. The smallest absolute Gasteiger partial charge is 0.137 e. The Morgan fingerprint density at radius 1 is 1.17 bits per heavy atom. The molecule has 2 rings (SSSR count). The van der Waals surface area contributed by atoms with Gasteiger partial charge in [0.25, 0.3) is 0 Å². The number of aliphatic hydroxyl groups excluding tert-OH is 1. The second kappa shape index (κ2) is 8.27. The van der Waals surface area contributed by atoms with Gasteiger partial charge in [-0.15, -0.1) is 0 Å². The highest BCUT2D eigenvalue weighted by Gasteiger charge is 2.17. The fourth-order valence-electron chi connectivity index (χ4n) is 2.12. The molecule has 0 bridgehead atoms. The zero-order valence-electron chi connectivity index (χ0n) is 12.9. The van der Waals surface area contributed by atoms with E-state index in [-0.39, 0.29) is 6.61 Å². The molecule has 0 saturated carbocycles. The molecule has 1 unspecified atom stereocenters. The summed E-state index contributed by atoms with van der Waals surface area (Å²) >= 11 is 0. The minimum absolute atomic E-state index is 0.0632. The normalized spacial score (nSPS) is 14.9. The zero-order valence-corrected chi connectivity index (χ0v) is 13.8. The molecule has 0 fully saturated rings. The number of ether oxygens (including phenoxy) is 1. The number of rotatable bonds is 8. The monoisotopic (exact) mass is 335 g/mol. The maximum absolute atomic E-state index is 11.6. The lowest BCUT2D eigenvalue weighted by atomic mass is 10.1. The SMILES string of the molecule is CCOP(=O)([O-])C[C@@H](O)c1cccc(OCc2ccccc2)c1. The molecular formula is C17H20O5P-. The average molecular weight is 335 g/mol. The molecule has 0 aliphatic heterocycles. The molecule has 0 aromatic heterocycles. The van der Waals surface area contributed by atoms with Crippen molar-refractivity contribution < 1.29 is 23.8 Å². The average Bonchev–Trinajstić information content (AvgIpc) is 2.53. The number of hydrogen-bond donors (Lipinski definition) is 1. The van der Waals surface area contributed by atoms with Crippen LogP contribution in [0, 0.1) is 0 Å². The van der Waals surface area contributed by atoms with Crippen LogP contribution in [0.3, 0.4) is 0 Å². The highest BCUT2D eigenvalue weighted by molar-refractivity contribution is 7.51. The Hall–Kier alpha value is -1.65. The van der Waals surface area contributed by atoms with Crippen LogP contribution in [0.4, 0.5) is 0 Å². The van der Waals surface area contributed by atoms with Crippen molar-refractivity contribution in [1.82, 2.24) is 0 Å². The van der Waals surface area contributed by atoms with Gasteiger partial charge in [-0.05, 0) is 30.2 Å². The van der Waals surface area contributed by atoms with Crippen molar-refractivity contribution in [2.24, 2.45) is 0 Å². The molecular weight excluding hydrogens is 315 g/mol. The van der Waals surface area contributed by atoms with Gasteiger partial charge in [0.15, 0.2) is 0 Å². The lowest BCUT2D eigenvalue weighted by molar-refractivity contribution is -0.199. The molecule has 0 radical (unpaired) electrons. The summed E-state index contributed by atoms with van der Waals surface area (Å²) in [5.41, 5.74) is 1.50. The molecule has 6 heteroatoms. The zero-order chi connectivity index (χ0) is 16.7. The van der Waals surface area contributed by atoms with Gasteiger partial charge in [-0.3, -0.25) is 0 Å². The summed E-state index contributed by atoms with van der Waals surface area (Å²) in [5, 5.41) is 10.1. The predicted molar refractivity (Wildman–Crippen MR) is 86.3 cm³/mol. The first kappa shape index (κ1) is 17.7. The van der Waals surface area contributed by atoms with Crippen LogP contribution in [0.5, 0.6) is 5.75 Å². The van der Waals surface area contributed by atoms with Crippen LogP contribution >= 0.6 is 7.60 Å². The molecule has 0 amide bonds. The summed E-state index contributed by atoms with van der Waals surface area (Å²) < 4.78 is 22.0. The van der Waals surface area contributed by atoms with E-state index in [4.69, 9.17) is 4.74 Å². The van der Waals surface area contributed by atoms with Crippen molar-refractivity contribution in [3.05, 3.63) is 65.7 Å². The molecule has 5 nitrogen and oxygen atoms in total. The number of benzene rings is 2. The van der Waals surface area contributed by atoms with Crippen LogP contribution in [0.2, 0.25) is 0 Å². The van der Waals surface area contributed by atoms with Crippen LogP contribution in [0.25, 0.3) is 0 Å². The summed E-state index contributed by atoms with van der Waals surface area (Å²) in [6.45, 7) is 2.06. The summed E-state index contributed by atoms with van der Waals surface area (Å²) in [6, 6.07) is 16.5. The van der Waals surface area contributed by atoms with Crippen LogP contribution in [0.1, 0.15) is 24.2 Å². The van der Waals surface area contributed by atoms with E-state index in [0.717, 1.165) is 5.56 Å². The van der Waals surface area contributed by atoms with Crippen molar-refractivity contribution >= 4 is 7.60 Å². The van der Waals surface area contributed by atoms with Crippen LogP contribution in [0.15, 0.2) is 54.6 Å².